The van der Waals surface area contributed by atoms with Crippen molar-refractivity contribution >= 4 is 0 Å². The molecule has 1 aromatic carbocycles. The van der Waals surface area contributed by atoms with Gasteiger partial charge in [-0.1, -0.05) is 18.2 Å². The van der Waals surface area contributed by atoms with E-state index in [0.717, 1.165) is 25.5 Å². The van der Waals surface area contributed by atoms with Gasteiger partial charge in [-0.25, -0.2) is 0 Å². The number of nitrogens with zero attached hydrogens (tertiary/aromatic N) is 1. The fraction of sp³-hybridized carbons (Fsp3) is 0.647. The predicted molar refractivity (Wildman–Crippen MR) is 76.0 cm³/mol. The summed E-state index contributed by atoms with van der Waals surface area (Å²) >= 11 is 0. The minimum absolute atomic E-state index is 0.507. The average Bonchev–Trinajstić information content (AvgIpc) is 3.17. The zero-order valence-corrected chi connectivity index (χ0v) is 11.6. The average molecular weight is 257 g/mol. The van der Waals surface area contributed by atoms with Crippen molar-refractivity contribution in [3.05, 3.63) is 34.9 Å². The maximum atomic E-state index is 6.04. The van der Waals surface area contributed by atoms with Crippen LogP contribution < -0.4 is 0 Å². The second kappa shape index (κ2) is 4.92. The van der Waals surface area contributed by atoms with Crippen molar-refractivity contribution in [2.45, 2.75) is 51.4 Å². The normalized spacial score (nSPS) is 27.5. The van der Waals surface area contributed by atoms with Gasteiger partial charge in [-0.3, -0.25) is 4.90 Å². The lowest BCUT2D eigenvalue weighted by Gasteiger charge is -2.28. The van der Waals surface area contributed by atoms with Crippen LogP contribution in [-0.4, -0.2) is 24.1 Å². The molecule has 1 unspecified atom stereocenters. The summed E-state index contributed by atoms with van der Waals surface area (Å²) in [6.45, 7) is 4.56. The van der Waals surface area contributed by atoms with Crippen molar-refractivity contribution in [2.24, 2.45) is 5.92 Å². The fourth-order valence-corrected chi connectivity index (χ4v) is 3.64. The van der Waals surface area contributed by atoms with Gasteiger partial charge < -0.3 is 4.74 Å². The van der Waals surface area contributed by atoms with Gasteiger partial charge in [0.1, 0.15) is 0 Å². The largest absolute Gasteiger partial charge is 0.373 e. The maximum absolute atomic E-state index is 6.04. The zero-order valence-electron chi connectivity index (χ0n) is 11.6. The molecule has 1 aromatic rings. The Labute approximate surface area is 115 Å². The van der Waals surface area contributed by atoms with Gasteiger partial charge in [-0.2, -0.15) is 0 Å². The molecule has 0 bridgehead atoms. The van der Waals surface area contributed by atoms with Crippen LogP contribution in [0.2, 0.25) is 0 Å². The lowest BCUT2D eigenvalue weighted by Crippen LogP contribution is -2.27. The Morgan fingerprint density at radius 2 is 2.00 bits per heavy atom. The summed E-state index contributed by atoms with van der Waals surface area (Å²) in [7, 11) is 0. The highest BCUT2D eigenvalue weighted by atomic mass is 16.5. The first kappa shape index (κ1) is 11.9. The molecule has 102 valence electrons. The Morgan fingerprint density at radius 3 is 2.79 bits per heavy atom. The van der Waals surface area contributed by atoms with E-state index in [1.807, 2.05) is 0 Å². The number of rotatable bonds is 3. The highest BCUT2D eigenvalue weighted by Gasteiger charge is 2.35. The number of likely N-dealkylation sites (tertiary alicyclic amines) is 1. The van der Waals surface area contributed by atoms with Crippen LogP contribution in [0.4, 0.5) is 0 Å². The van der Waals surface area contributed by atoms with Crippen LogP contribution in [0.15, 0.2) is 18.2 Å². The van der Waals surface area contributed by atoms with Gasteiger partial charge in [0.15, 0.2) is 0 Å². The van der Waals surface area contributed by atoms with Gasteiger partial charge in [-0.05, 0) is 67.8 Å². The van der Waals surface area contributed by atoms with Gasteiger partial charge in [0.2, 0.25) is 0 Å². The molecule has 2 nitrogen and oxygen atoms in total. The lowest BCUT2D eigenvalue weighted by molar-refractivity contribution is 0.0140. The number of fused-ring (bicyclic) bond motifs is 1. The first-order chi connectivity index (χ1) is 9.40. The van der Waals surface area contributed by atoms with E-state index < -0.39 is 0 Å². The Morgan fingerprint density at radius 1 is 1.16 bits per heavy atom. The van der Waals surface area contributed by atoms with Crippen LogP contribution in [0.5, 0.6) is 0 Å². The Kier molecular flexibility index (Phi) is 3.08. The van der Waals surface area contributed by atoms with E-state index in [0.29, 0.717) is 6.10 Å². The van der Waals surface area contributed by atoms with Gasteiger partial charge in [0.25, 0.3) is 0 Å². The third-order valence-electron chi connectivity index (χ3n) is 4.97. The third-order valence-corrected chi connectivity index (χ3v) is 4.97. The van der Waals surface area contributed by atoms with Crippen LogP contribution in [0.3, 0.4) is 0 Å². The van der Waals surface area contributed by atoms with Crippen LogP contribution in [0, 0.1) is 5.92 Å². The topological polar surface area (TPSA) is 12.5 Å². The monoisotopic (exact) mass is 257 g/mol. The van der Waals surface area contributed by atoms with Crippen molar-refractivity contribution in [3.63, 3.8) is 0 Å². The molecular formula is C17H23NO. The summed E-state index contributed by atoms with van der Waals surface area (Å²) in [6.07, 6.45) is 7.19. The standard InChI is InChI=1S/C17H23NO/c1-2-9-18(8-1)11-14-4-3-5-15-12-19-17(10-16(14)15)13-6-7-13/h3-5,13,17H,1-2,6-12H2. The molecule has 2 fully saturated rings. The highest BCUT2D eigenvalue weighted by molar-refractivity contribution is 5.37. The molecular weight excluding hydrogens is 234 g/mol. The fourth-order valence-electron chi connectivity index (χ4n) is 3.64. The van der Waals surface area contributed by atoms with Gasteiger partial charge in [0, 0.05) is 6.54 Å². The number of benzene rings is 1. The van der Waals surface area contributed by atoms with Crippen molar-refractivity contribution in [1.82, 2.24) is 4.90 Å². The number of ether oxygens (including phenoxy) is 1. The Bertz CT molecular complexity index is 460. The van der Waals surface area contributed by atoms with E-state index in [1.54, 1.807) is 11.1 Å². The van der Waals surface area contributed by atoms with Crippen molar-refractivity contribution in [1.29, 1.82) is 0 Å². The molecule has 3 aliphatic rings. The predicted octanol–water partition coefficient (Wildman–Crippen LogP) is 3.13. The summed E-state index contributed by atoms with van der Waals surface area (Å²) in [5, 5.41) is 0. The molecule has 0 aromatic heterocycles. The Balaban J connectivity index is 1.57. The molecule has 1 atom stereocenters. The van der Waals surface area contributed by atoms with E-state index >= 15 is 0 Å². The summed E-state index contributed by atoms with van der Waals surface area (Å²) in [5.74, 6) is 0.855. The van der Waals surface area contributed by atoms with Crippen LogP contribution in [0.25, 0.3) is 0 Å². The second-order valence-electron chi connectivity index (χ2n) is 6.43. The van der Waals surface area contributed by atoms with E-state index in [1.165, 1.54) is 44.3 Å². The second-order valence-corrected chi connectivity index (χ2v) is 6.43. The smallest absolute Gasteiger partial charge is 0.0723 e. The Hall–Kier alpha value is -0.860. The van der Waals surface area contributed by atoms with E-state index in [9.17, 15) is 0 Å². The molecule has 4 rings (SSSR count). The first-order valence-corrected chi connectivity index (χ1v) is 7.84. The minimum atomic E-state index is 0.507. The molecule has 1 aliphatic carbocycles. The van der Waals surface area contributed by atoms with Gasteiger partial charge >= 0.3 is 0 Å². The SMILES string of the molecule is c1cc2c(c(CN3CCCC3)c1)CC(C1CC1)OC2. The molecule has 2 heteroatoms. The molecule has 1 saturated carbocycles. The molecule has 0 radical (unpaired) electrons. The van der Waals surface area contributed by atoms with Crippen LogP contribution >= 0.6 is 0 Å². The van der Waals surface area contributed by atoms with Crippen molar-refractivity contribution in [3.8, 4) is 0 Å². The van der Waals surface area contributed by atoms with E-state index in [2.05, 4.69) is 23.1 Å². The molecule has 0 amide bonds. The summed E-state index contributed by atoms with van der Waals surface area (Å²) in [4.78, 5) is 2.61. The highest BCUT2D eigenvalue weighted by Crippen LogP contribution is 2.39. The molecule has 1 saturated heterocycles. The molecule has 2 heterocycles. The number of hydrogen-bond donors (Lipinski definition) is 0. The summed E-state index contributed by atoms with van der Waals surface area (Å²) in [6, 6.07) is 6.81. The van der Waals surface area contributed by atoms with Crippen LogP contribution in [-0.2, 0) is 24.3 Å². The maximum Gasteiger partial charge on any atom is 0.0723 e. The van der Waals surface area contributed by atoms with E-state index in [-0.39, 0.29) is 0 Å². The van der Waals surface area contributed by atoms with Crippen molar-refractivity contribution < 1.29 is 4.74 Å². The van der Waals surface area contributed by atoms with E-state index in [4.69, 9.17) is 4.74 Å². The first-order valence-electron chi connectivity index (χ1n) is 7.84. The van der Waals surface area contributed by atoms with Gasteiger partial charge in [0.05, 0.1) is 12.7 Å². The number of hydrogen-bond acceptors (Lipinski definition) is 2. The minimum Gasteiger partial charge on any atom is -0.373 e. The molecule has 0 N–H and O–H groups in total. The molecule has 0 spiro atoms. The van der Waals surface area contributed by atoms with Crippen LogP contribution in [0.1, 0.15) is 42.4 Å². The third kappa shape index (κ3) is 2.44. The lowest BCUT2D eigenvalue weighted by atomic mass is 9.92. The molecule has 2 aliphatic heterocycles. The van der Waals surface area contributed by atoms with Gasteiger partial charge in [-0.15, -0.1) is 0 Å². The zero-order chi connectivity index (χ0) is 12.7. The quantitative estimate of drug-likeness (QED) is 0.825. The summed E-state index contributed by atoms with van der Waals surface area (Å²) in [5.41, 5.74) is 4.61. The summed E-state index contributed by atoms with van der Waals surface area (Å²) < 4.78 is 6.04. The van der Waals surface area contributed by atoms with Crippen molar-refractivity contribution in [2.75, 3.05) is 13.1 Å². The molecule has 19 heavy (non-hydrogen) atoms.